The molecule has 0 radical (unpaired) electrons. The molecule has 64 heavy (non-hydrogen) atoms. The van der Waals surface area contributed by atoms with Crippen LogP contribution in [0.2, 0.25) is 0 Å². The molecule has 1 unspecified atom stereocenters. The summed E-state index contributed by atoms with van der Waals surface area (Å²) in [5, 5.41) is 31.0. The molecule has 3 aromatic heterocycles. The maximum absolute atomic E-state index is 11.7. The highest BCUT2D eigenvalue weighted by Gasteiger charge is 2.26. The molecule has 6 aromatic rings. The van der Waals surface area contributed by atoms with E-state index in [4.69, 9.17) is 43.1 Å². The molecule has 1 atom stereocenters. The Balaban J connectivity index is 0.000000144. The first-order valence-corrected chi connectivity index (χ1v) is 22.6. The summed E-state index contributed by atoms with van der Waals surface area (Å²) >= 11 is 13.8. The fourth-order valence-corrected chi connectivity index (χ4v) is 9.69. The number of furan rings is 3. The summed E-state index contributed by atoms with van der Waals surface area (Å²) in [6, 6.07) is 31.1. The standard InChI is InChI=1S/C15H10N2O4S.C15H9NO4S2.C15H11O2PS2/c16-15-8-12(18)14(22-15)7-9-5-6-13(21-9)10-3-1-2-4-11(10)17(19)20;17-12-8-15(21)22-14(12)7-9-5-6-13(20-9)10-3-1-2-4-11(10)16(18)19;16-12-8-15(19)20-14(12)7-10-4-5-13(17-10)9-2-1-3-11(18)6-9/h1-7,16H,8H2;1-7H,8H2;1-7H,8,18H2/b14-7-,16-15?;2*14-7-. The van der Waals surface area contributed by atoms with Gasteiger partial charge in [-0.1, -0.05) is 102 Å². The molecule has 0 spiro atoms. The number of rotatable bonds is 8. The first-order chi connectivity index (χ1) is 30.7. The predicted octanol–water partition coefficient (Wildman–Crippen LogP) is 11.9. The van der Waals surface area contributed by atoms with Crippen LogP contribution in [0.4, 0.5) is 11.4 Å². The number of carbonyl (C=O) groups excluding carboxylic acids is 3. The second-order valence-corrected chi connectivity index (χ2v) is 19.2. The van der Waals surface area contributed by atoms with Crippen molar-refractivity contribution in [2.75, 3.05) is 0 Å². The lowest BCUT2D eigenvalue weighted by Crippen LogP contribution is -1.91. The summed E-state index contributed by atoms with van der Waals surface area (Å²) in [5.41, 5.74) is 1.74. The number of hydrogen-bond donors (Lipinski definition) is 1. The third kappa shape index (κ3) is 11.5. The Kier molecular flexibility index (Phi) is 14.7. The number of nitro groups is 2. The van der Waals surface area contributed by atoms with Gasteiger partial charge in [0.05, 0.1) is 68.4 Å². The number of allylic oxidation sites excluding steroid dienone is 3. The zero-order valence-corrected chi connectivity index (χ0v) is 38.1. The third-order valence-electron chi connectivity index (χ3n) is 9.04. The van der Waals surface area contributed by atoms with Gasteiger partial charge >= 0.3 is 0 Å². The molecule has 3 saturated heterocycles. The number of nitrogens with one attached hydrogen (secondary N) is 1. The highest BCUT2D eigenvalue weighted by molar-refractivity contribution is 8.27. The van der Waals surface area contributed by atoms with E-state index >= 15 is 0 Å². The molecule has 320 valence electrons. The van der Waals surface area contributed by atoms with Gasteiger partial charge in [-0.2, -0.15) is 0 Å². The second kappa shape index (κ2) is 20.6. The molecule has 0 amide bonds. The van der Waals surface area contributed by atoms with Gasteiger partial charge < -0.3 is 13.3 Å². The van der Waals surface area contributed by atoms with Crippen molar-refractivity contribution in [3.05, 3.63) is 161 Å². The number of hydrogen-bond acceptors (Lipinski definition) is 16. The molecule has 13 nitrogen and oxygen atoms in total. The van der Waals surface area contributed by atoms with Crippen molar-refractivity contribution in [3.8, 4) is 34.0 Å². The molecule has 9 rings (SSSR count). The minimum atomic E-state index is -0.465. The summed E-state index contributed by atoms with van der Waals surface area (Å²) in [4.78, 5) is 57.9. The lowest BCUT2D eigenvalue weighted by Gasteiger charge is -1.98. The molecule has 6 heterocycles. The Morgan fingerprint density at radius 2 is 0.984 bits per heavy atom. The van der Waals surface area contributed by atoms with Crippen molar-refractivity contribution in [3.63, 3.8) is 0 Å². The van der Waals surface area contributed by atoms with Crippen molar-refractivity contribution in [2.24, 2.45) is 0 Å². The minimum absolute atomic E-state index is 0.0245. The Hall–Kier alpha value is -6.14. The number of carbonyl (C=O) groups is 3. The molecule has 3 aliphatic heterocycles. The zero-order valence-electron chi connectivity index (χ0n) is 32.8. The van der Waals surface area contributed by atoms with Gasteiger partial charge in [0, 0.05) is 17.7 Å². The van der Waals surface area contributed by atoms with Gasteiger partial charge in [0.15, 0.2) is 17.3 Å². The molecular weight excluding hydrogens is 934 g/mol. The van der Waals surface area contributed by atoms with E-state index in [1.54, 1.807) is 78.9 Å². The number of nitro benzene ring substituents is 2. The van der Waals surface area contributed by atoms with Gasteiger partial charge in [-0.05, 0) is 78.1 Å². The van der Waals surface area contributed by atoms with E-state index in [-0.39, 0.29) is 41.6 Å². The van der Waals surface area contributed by atoms with Gasteiger partial charge in [0.1, 0.15) is 34.6 Å². The van der Waals surface area contributed by atoms with E-state index in [2.05, 4.69) is 9.24 Å². The number of benzene rings is 3. The number of ketones is 3. The maximum atomic E-state index is 11.7. The summed E-state index contributed by atoms with van der Waals surface area (Å²) < 4.78 is 18.3. The highest BCUT2D eigenvalue weighted by Crippen LogP contribution is 2.37. The quantitative estimate of drug-likeness (QED) is 0.0496. The SMILES string of the molecule is N=C1CC(=O)/C(=C/c2ccc(-c3ccccc3[N+](=O)[O-])o2)S1.O=C1CC(=S)S/C1=C\c1ccc(-c2cccc(P)c2)o1.O=C1CC(=S)S/C1=C\c1ccc(-c2ccccc2[N+](=O)[O-])o1. The van der Waals surface area contributed by atoms with Gasteiger partial charge in [-0.3, -0.25) is 40.0 Å². The number of para-hydroxylation sites is 2. The molecule has 0 bridgehead atoms. The predicted molar refractivity (Wildman–Crippen MR) is 264 cm³/mol. The van der Waals surface area contributed by atoms with Gasteiger partial charge in [-0.15, -0.1) is 9.24 Å². The number of Topliss-reactive ketones (excluding diaryl/α,β-unsaturated/α-hetero) is 3. The Labute approximate surface area is 389 Å². The summed E-state index contributed by atoms with van der Waals surface area (Å²) in [6.45, 7) is 0. The Morgan fingerprint density at radius 3 is 1.39 bits per heavy atom. The van der Waals surface area contributed by atoms with E-state index < -0.39 is 9.85 Å². The third-order valence-corrected chi connectivity index (χ3v) is 13.0. The van der Waals surface area contributed by atoms with E-state index in [1.165, 1.54) is 35.7 Å². The number of thiocarbonyl (C=S) groups is 2. The summed E-state index contributed by atoms with van der Waals surface area (Å²) in [5.74, 6) is 3.05. The van der Waals surface area contributed by atoms with Crippen molar-refractivity contribution in [1.82, 2.24) is 0 Å². The van der Waals surface area contributed by atoms with Gasteiger partial charge in [0.25, 0.3) is 11.4 Å². The van der Waals surface area contributed by atoms with Crippen molar-refractivity contribution in [1.29, 1.82) is 5.41 Å². The van der Waals surface area contributed by atoms with E-state index in [0.717, 1.165) is 32.6 Å². The molecule has 3 aromatic carbocycles. The fraction of sp³-hybridized carbons (Fsp3) is 0.0667. The number of thioether (sulfide) groups is 3. The van der Waals surface area contributed by atoms with Gasteiger partial charge in [-0.25, -0.2) is 0 Å². The molecule has 3 aliphatic rings. The van der Waals surface area contributed by atoms with Crippen molar-refractivity contribution >= 4 is 135 Å². The number of nitrogens with zero attached hydrogens (tertiary/aromatic N) is 2. The Bertz CT molecular complexity index is 2880. The normalized spacial score (nSPS) is 16.7. The molecule has 19 heteroatoms. The summed E-state index contributed by atoms with van der Waals surface area (Å²) in [7, 11) is 2.66. The van der Waals surface area contributed by atoms with Crippen LogP contribution < -0.4 is 5.30 Å². The molecule has 0 saturated carbocycles. The van der Waals surface area contributed by atoms with Crippen LogP contribution in [0, 0.1) is 25.6 Å². The van der Waals surface area contributed by atoms with Crippen LogP contribution in [0.5, 0.6) is 0 Å². The average molecular weight is 964 g/mol. The zero-order chi connectivity index (χ0) is 45.5. The lowest BCUT2D eigenvalue weighted by atomic mass is 10.1. The minimum Gasteiger partial charge on any atom is -0.457 e. The van der Waals surface area contributed by atoms with Crippen LogP contribution >= 0.6 is 69.0 Å². The van der Waals surface area contributed by atoms with Crippen molar-refractivity contribution in [2.45, 2.75) is 19.3 Å². The van der Waals surface area contributed by atoms with Crippen LogP contribution in [0.25, 0.3) is 52.2 Å². The first kappa shape index (κ1) is 45.9. The second-order valence-electron chi connectivity index (χ2n) is 13.6. The van der Waals surface area contributed by atoms with Crippen LogP contribution in [0.3, 0.4) is 0 Å². The van der Waals surface area contributed by atoms with Crippen LogP contribution in [-0.4, -0.2) is 40.6 Å². The molecule has 0 aliphatic carbocycles. The van der Waals surface area contributed by atoms with E-state index in [1.807, 2.05) is 36.4 Å². The lowest BCUT2D eigenvalue weighted by molar-refractivity contribution is -0.384. The molecular formula is C45H30N3O10PS5. The smallest absolute Gasteiger partial charge is 0.280 e. The summed E-state index contributed by atoms with van der Waals surface area (Å²) in [6.07, 6.45) is 5.68. The van der Waals surface area contributed by atoms with Crippen LogP contribution in [0.1, 0.15) is 36.5 Å². The van der Waals surface area contributed by atoms with Crippen LogP contribution in [0.15, 0.2) is 137 Å². The Morgan fingerprint density at radius 1 is 0.562 bits per heavy atom. The molecule has 1 N–H and O–H groups in total. The molecule has 3 fully saturated rings. The first-order valence-electron chi connectivity index (χ1n) is 18.7. The van der Waals surface area contributed by atoms with Crippen molar-refractivity contribution < 1.29 is 37.5 Å². The monoisotopic (exact) mass is 963 g/mol. The maximum Gasteiger partial charge on any atom is 0.280 e. The van der Waals surface area contributed by atoms with Gasteiger partial charge in [0.2, 0.25) is 0 Å². The van der Waals surface area contributed by atoms with E-state index in [9.17, 15) is 34.6 Å². The topological polar surface area (TPSA) is 201 Å². The average Bonchev–Trinajstić information content (AvgIpc) is 4.14. The van der Waals surface area contributed by atoms with Crippen LogP contribution in [-0.2, 0) is 14.4 Å². The fourth-order valence-electron chi connectivity index (χ4n) is 6.15. The largest absolute Gasteiger partial charge is 0.457 e. The highest BCUT2D eigenvalue weighted by atomic mass is 32.2. The van der Waals surface area contributed by atoms with E-state index in [0.29, 0.717) is 70.3 Å².